The van der Waals surface area contributed by atoms with E-state index >= 15 is 0 Å². The molecule has 4 heterocycles. The van der Waals surface area contributed by atoms with Gasteiger partial charge in [0.05, 0.1) is 31.6 Å². The van der Waals surface area contributed by atoms with Crippen LogP contribution in [0.15, 0.2) is 301 Å². The van der Waals surface area contributed by atoms with Gasteiger partial charge in [-0.2, -0.15) is 0 Å². The lowest BCUT2D eigenvalue weighted by Gasteiger charge is -2.21. The second-order valence-corrected chi connectivity index (χ2v) is 39.3. The van der Waals surface area contributed by atoms with Crippen LogP contribution < -0.4 is 18.9 Å². The molecule has 17 rings (SSSR count). The first-order valence-corrected chi connectivity index (χ1v) is 50.1. The number of oxazole rings is 1. The Morgan fingerprint density at radius 1 is 0.448 bits per heavy atom. The Morgan fingerprint density at radius 3 is 1.54 bits per heavy atom. The highest BCUT2D eigenvalue weighted by Gasteiger charge is 2.40. The topological polar surface area (TPSA) is 116 Å². The van der Waals surface area contributed by atoms with Crippen molar-refractivity contribution in [3.05, 3.63) is 385 Å². The number of esters is 1. The smallest absolute Gasteiger partial charge is 0.338 e. The van der Waals surface area contributed by atoms with Crippen LogP contribution in [0.5, 0.6) is 34.5 Å². The van der Waals surface area contributed by atoms with Crippen molar-refractivity contribution in [1.29, 1.82) is 0 Å². The molecule has 11 aromatic carbocycles. The first-order valence-electron chi connectivity index (χ1n) is 49.2. The van der Waals surface area contributed by atoms with Gasteiger partial charge in [-0.25, -0.2) is 9.78 Å². The first-order chi connectivity index (χ1) is 64.5. The summed E-state index contributed by atoms with van der Waals surface area (Å²) in [5.74, 6) is 14.0. The number of ether oxygens (including phenoxy) is 6. The molecule has 0 N–H and O–H groups in total. The Morgan fingerprint density at radius 2 is 0.978 bits per heavy atom. The van der Waals surface area contributed by atoms with Crippen LogP contribution in [0.3, 0.4) is 0 Å². The van der Waals surface area contributed by atoms with E-state index in [0.29, 0.717) is 66.3 Å². The Bertz CT molecular complexity index is 5420. The zero-order chi connectivity index (χ0) is 96.9. The zero-order valence-electron chi connectivity index (χ0n) is 84.6. The highest BCUT2D eigenvalue weighted by atomic mass is 32.1. The molecular formula is C123H155NO9S. The quantitative estimate of drug-likeness (QED) is 0.0348. The molecule has 1 fully saturated rings. The number of fused-ring (bicyclic) bond motifs is 3. The predicted octanol–water partition coefficient (Wildman–Crippen LogP) is 35.3. The van der Waals surface area contributed by atoms with Gasteiger partial charge >= 0.3 is 5.97 Å². The molecule has 0 radical (unpaired) electrons. The minimum absolute atomic E-state index is 0.137. The number of Topliss-reactive ketones (excluding diaryl/α,β-unsaturated/α-hetero) is 1. The summed E-state index contributed by atoms with van der Waals surface area (Å²) in [5.41, 5.74) is 20.9. The van der Waals surface area contributed by atoms with Crippen LogP contribution in [0.2, 0.25) is 0 Å². The number of rotatable bonds is 23. The van der Waals surface area contributed by atoms with Crippen LogP contribution in [0.1, 0.15) is 342 Å². The van der Waals surface area contributed by atoms with Crippen LogP contribution in [0.25, 0.3) is 11.3 Å². The molecule has 2 aliphatic carbocycles. The minimum Gasteiger partial charge on any atom is -0.462 e. The minimum atomic E-state index is -0.219. The largest absolute Gasteiger partial charge is 0.462 e. The highest BCUT2D eigenvalue weighted by molar-refractivity contribution is 7.09. The second-order valence-electron chi connectivity index (χ2n) is 38.3. The fourth-order valence-corrected chi connectivity index (χ4v) is 16.1. The monoisotopic (exact) mass is 1820 g/mol. The highest BCUT2D eigenvalue weighted by Crippen LogP contribution is 2.51. The number of carbonyl (C=O) groups excluding carboxylic acids is 2. The molecule has 134 heavy (non-hydrogen) atoms. The summed E-state index contributed by atoms with van der Waals surface area (Å²) in [6, 6.07) is 94.9. The summed E-state index contributed by atoms with van der Waals surface area (Å²) < 4.78 is 37.8. The van der Waals surface area contributed by atoms with Gasteiger partial charge in [0.1, 0.15) is 23.0 Å². The van der Waals surface area contributed by atoms with Gasteiger partial charge in [0.25, 0.3) is 0 Å². The Balaban J connectivity index is 0.000000184. The molecule has 13 aromatic rings. The number of hydrogen-bond acceptors (Lipinski definition) is 11. The van der Waals surface area contributed by atoms with Gasteiger partial charge in [0.2, 0.25) is 6.79 Å². The van der Waals surface area contributed by atoms with Gasteiger partial charge in [-0.05, 0) is 292 Å². The Hall–Kier alpha value is -11.4. The summed E-state index contributed by atoms with van der Waals surface area (Å²) in [6.07, 6.45) is 15.6. The molecular weight excluding hydrogens is 1670 g/mol. The van der Waals surface area contributed by atoms with Crippen LogP contribution in [0, 0.1) is 17.8 Å². The number of thiophene rings is 1. The number of para-hydroxylation sites is 3. The molecule has 712 valence electrons. The van der Waals surface area contributed by atoms with Gasteiger partial charge < -0.3 is 32.8 Å². The number of ketones is 1. The lowest BCUT2D eigenvalue weighted by molar-refractivity contribution is 0.0499. The summed E-state index contributed by atoms with van der Waals surface area (Å²) >= 11 is 1.86. The summed E-state index contributed by atoms with van der Waals surface area (Å²) in [7, 11) is 0. The van der Waals surface area contributed by atoms with Crippen LogP contribution in [0.4, 0.5) is 0 Å². The van der Waals surface area contributed by atoms with Crippen molar-refractivity contribution in [1.82, 2.24) is 4.98 Å². The van der Waals surface area contributed by atoms with Crippen LogP contribution >= 0.6 is 11.3 Å². The van der Waals surface area contributed by atoms with Gasteiger partial charge in [-0.3, -0.25) is 4.79 Å². The second kappa shape index (κ2) is 58.0. The number of aryl methyl sites for hydroxylation is 2. The lowest BCUT2D eigenvalue weighted by atomic mass is 9.85. The SMILES string of the molecule is CC(=O)c1cccc(C(C)C)c1.CC(C)CCc1cccs1.CC(C)[C@@H]1C[C@H]1c1ccccc1.CC(C)c1ccc(-c2cnco2)cc1.CC(C)c1ccc(Oc2ccccc2)cc1.CC(C)c1ccc2c(c1)CCOC2.CC(C)c1ccc2c(c1)OCO2.CC(C)c1cccc2c1CCCC2.CC(C)c1ccccc1Oc1ccccc1.CCCCOC(=O)c1ccc(C(C)C)cc1. The van der Waals surface area contributed by atoms with E-state index in [0.717, 1.165) is 108 Å². The molecule has 0 bridgehead atoms. The van der Waals surface area contributed by atoms with Crippen LogP contribution in [-0.2, 0) is 41.8 Å². The van der Waals surface area contributed by atoms with Crippen LogP contribution in [-0.4, -0.2) is 36.7 Å². The average Bonchev–Trinajstić information content (AvgIpc) is 1.65. The standard InChI is InChI=1S/2C15H16O.C14H20O2.C13H18.C12H13NO.C12H16O.C12H16.C11H14O.C10H12O2.C9H14S/c1-12(2)14-10-6-7-11-15(14)16-13-8-4-3-5-9-13;1-12(2)13-8-10-15(11-9-13)16-14-6-4-3-5-7-14;1-4-5-10-16-14(15)13-8-6-12(7-9-13)11(2)3;1-10(2)12-9-5-7-11-6-3-4-8-13(11)12;1-9(2)10-3-5-11(6-4-10)12-7-13-8-14-12;1-9(2)10-3-4-12-8-13-6-5-11(12)7-10;1-9(2)11-8-12(11)10-6-4-3-5-7-10;1-8(2)10-5-4-6-11(7-10)9(3)12;1-7(2)8-3-4-9-10(5-8)12-6-11-9;1-8(2)5-6-9-4-3-7-10-9/h2*3-12H,1-2H3;6-9,11H,4-5,10H2,1-3H3;5,7,9-10H,3-4,6,8H2,1-2H3;3-9H,1-2H3;3-4,7,9H,5-6,8H2,1-2H3;3-7,9,11-12H,8H2,1-2H3;4-8H,1-3H3;3-5,7H,6H2,1-2H3;3-4,7-8H,5-6H2,1-2H3/t;;;;;;11-,12-;;;/m......0.../s1. The number of carbonyl (C=O) groups is 2. The maximum Gasteiger partial charge on any atom is 0.338 e. The Kier molecular flexibility index (Phi) is 46.8. The molecule has 0 saturated heterocycles. The summed E-state index contributed by atoms with van der Waals surface area (Å²) in [6.45, 7) is 50.4. The average molecular weight is 1820 g/mol. The van der Waals surface area contributed by atoms with E-state index in [2.05, 4.69) is 289 Å². The fourth-order valence-electron chi connectivity index (χ4n) is 15.4. The van der Waals surface area contributed by atoms with E-state index in [9.17, 15) is 9.59 Å². The predicted molar refractivity (Wildman–Crippen MR) is 564 cm³/mol. The zero-order valence-corrected chi connectivity index (χ0v) is 85.5. The third-order valence-electron chi connectivity index (χ3n) is 24.1. The van der Waals surface area contributed by atoms with E-state index in [4.69, 9.17) is 32.8 Å². The number of benzene rings is 11. The third-order valence-corrected chi connectivity index (χ3v) is 25.0. The van der Waals surface area contributed by atoms with Gasteiger partial charge in [0.15, 0.2) is 29.4 Å². The molecule has 10 nitrogen and oxygen atoms in total. The summed E-state index contributed by atoms with van der Waals surface area (Å²) in [5, 5.41) is 2.15. The third kappa shape index (κ3) is 37.8. The van der Waals surface area contributed by atoms with Gasteiger partial charge in [0, 0.05) is 16.0 Å². The number of unbranched alkanes of at least 4 members (excludes halogenated alkanes) is 1. The van der Waals surface area contributed by atoms with Gasteiger partial charge in [-0.15, -0.1) is 11.3 Å². The van der Waals surface area contributed by atoms with Crippen molar-refractivity contribution >= 4 is 23.1 Å². The molecule has 2 aromatic heterocycles. The van der Waals surface area contributed by atoms with E-state index < -0.39 is 0 Å². The van der Waals surface area contributed by atoms with Crippen molar-refractivity contribution in [2.24, 2.45) is 17.8 Å². The first kappa shape index (κ1) is 108. The molecule has 4 aliphatic rings. The molecule has 11 heteroatoms. The van der Waals surface area contributed by atoms with Crippen molar-refractivity contribution in [3.8, 4) is 45.8 Å². The van der Waals surface area contributed by atoms with E-state index in [-0.39, 0.29) is 11.8 Å². The number of aromatic nitrogens is 1. The molecule has 0 spiro atoms. The van der Waals surface area contributed by atoms with E-state index in [1.807, 2.05) is 157 Å². The number of nitrogens with zero attached hydrogens (tertiary/aromatic N) is 1. The summed E-state index contributed by atoms with van der Waals surface area (Å²) in [4.78, 5) is 28.0. The molecule has 0 amide bonds. The maximum absolute atomic E-state index is 11.6. The van der Waals surface area contributed by atoms with Crippen molar-refractivity contribution in [2.45, 2.75) is 276 Å². The lowest BCUT2D eigenvalue weighted by Crippen LogP contribution is -2.10. The van der Waals surface area contributed by atoms with E-state index in [1.54, 1.807) is 29.8 Å². The maximum atomic E-state index is 11.6. The van der Waals surface area contributed by atoms with Crippen molar-refractivity contribution in [3.63, 3.8) is 0 Å². The van der Waals surface area contributed by atoms with Gasteiger partial charge in [-0.1, -0.05) is 352 Å². The molecule has 2 atom stereocenters. The normalized spacial score (nSPS) is 13.4. The fraction of sp³-hybridized carbons (Fsp3) is 0.390. The number of hydrogen-bond donors (Lipinski definition) is 0. The Labute approximate surface area is 810 Å². The van der Waals surface area contributed by atoms with Crippen molar-refractivity contribution in [2.75, 3.05) is 20.0 Å². The molecule has 1 saturated carbocycles. The molecule has 2 aliphatic heterocycles. The molecule has 0 unspecified atom stereocenters. The van der Waals surface area contributed by atoms with E-state index in [1.165, 1.54) is 112 Å². The van der Waals surface area contributed by atoms with Crippen molar-refractivity contribution < 1.29 is 42.4 Å².